The van der Waals surface area contributed by atoms with Crippen LogP contribution >= 0.6 is 23.2 Å². The third kappa shape index (κ3) is 17.9. The van der Waals surface area contributed by atoms with Crippen molar-refractivity contribution in [2.24, 2.45) is 0 Å². The summed E-state index contributed by atoms with van der Waals surface area (Å²) in [5, 5.41) is 88.8. The van der Waals surface area contributed by atoms with Crippen molar-refractivity contribution in [2.75, 3.05) is 82.8 Å². The zero-order valence-electron chi connectivity index (χ0n) is 81.3. The molecule has 10 aliphatic rings. The van der Waals surface area contributed by atoms with Crippen LogP contribution in [0.4, 0.5) is 4.39 Å². The minimum atomic E-state index is -0.580. The Morgan fingerprint density at radius 3 is 1.02 bits per heavy atom. The van der Waals surface area contributed by atoms with Gasteiger partial charge in [0.15, 0.2) is 46.0 Å². The van der Waals surface area contributed by atoms with Gasteiger partial charge in [0.25, 0.3) is 0 Å². The molecule has 5 aliphatic heterocycles. The smallest absolute Gasteiger partial charge is 0.335 e. The molecule has 0 spiro atoms. The number of halogens is 3. The Hall–Kier alpha value is -17.0. The summed E-state index contributed by atoms with van der Waals surface area (Å²) in [6, 6.07) is 55.3. The lowest BCUT2D eigenvalue weighted by Crippen LogP contribution is -2.19. The van der Waals surface area contributed by atoms with E-state index in [9.17, 15) is 59.0 Å². The van der Waals surface area contributed by atoms with E-state index in [0.717, 1.165) is 117 Å². The molecule has 150 heavy (non-hydrogen) atoms. The molecule has 762 valence electrons. The Morgan fingerprint density at radius 2 is 0.693 bits per heavy atom. The standard InChI is InChI=1S/C25H23NO7.C24H20ClNO6.C23H19NO6.C22H16ClNO5.C19H14FN3O3/c1-30-19-8-15(7-16(11-28)24(19)31-2)20-21-17(12-32-25(21)29)9-18-22(20)23(26-33-18)14-5-3-13(10-27)4-6-14;1-29-18-8-13(7-14(10-27)23(18)30-2)19-20-15(11-31-24(20)28)9-17-21(19)22(26-32-17)12-3-5-16(25)6-4-12;1-28-17-7-6-14(8-16(17)26)19-20-15(11-29-23(20)27)9-18-21(19)22(24-30-18)13-4-2-12(10-25)3-5-13;1-27-16-7-4-12(8-15(16)25)18-19-13(10-28-22(19)26)9-17-20(18)21(24-29-17)11-2-5-14(23)6-3-11;1-25-11-3-4-12(13(20)7-11)17-15-9(2-5-14-18(15)22-23-21-14)6-10-8-26-19(24)16(10)17/h3-8,20,27-28H,9-12H2,1-2H3;3-8,19,27H,9-11H2,1-2H3;2-8,19,25-26H,9-11H2,1H3;2-8,18,25H,9-10H2,1H3;2-5,7,17H,6,8H2,1H3,(H,21,22,23). The molecule has 0 radical (unpaired) electrons. The fourth-order valence-corrected chi connectivity index (χ4v) is 21.6. The van der Waals surface area contributed by atoms with Gasteiger partial charge in [-0.1, -0.05) is 141 Å². The van der Waals surface area contributed by atoms with Gasteiger partial charge in [0, 0.05) is 133 Å². The normalized spacial score (nSPS) is 17.6. The lowest BCUT2D eigenvalue weighted by molar-refractivity contribution is -0.137. The zero-order valence-corrected chi connectivity index (χ0v) is 82.8. The number of carbonyl (C=O) groups excluding carboxylic acids is 5. The number of fused-ring (bicyclic) bond motifs is 7. The number of esters is 5. The molecule has 0 bridgehead atoms. The summed E-state index contributed by atoms with van der Waals surface area (Å²) in [6.07, 6.45) is 2.41. The van der Waals surface area contributed by atoms with Crippen LogP contribution in [0, 0.1) is 5.82 Å². The number of aliphatic hydroxyl groups excluding tert-OH is 4. The highest BCUT2D eigenvalue weighted by Gasteiger charge is 2.49. The minimum absolute atomic E-state index is 0.00450. The largest absolute Gasteiger partial charge is 0.504 e. The Morgan fingerprint density at radius 1 is 0.347 bits per heavy atom. The average molecular weight is 2070 g/mol. The van der Waals surface area contributed by atoms with Crippen molar-refractivity contribution >= 4 is 64.1 Å². The van der Waals surface area contributed by atoms with E-state index in [-0.39, 0.29) is 94.8 Å². The Balaban J connectivity index is 0.000000110. The summed E-state index contributed by atoms with van der Waals surface area (Å²) in [5.74, 6) is 0.802. The number of aromatic amines is 1. The number of aromatic hydroxyl groups is 2. The molecule has 0 amide bonds. The van der Waals surface area contributed by atoms with Crippen molar-refractivity contribution in [3.05, 3.63) is 366 Å². The molecule has 37 heteroatoms. The Labute approximate surface area is 862 Å². The van der Waals surface area contributed by atoms with Crippen molar-refractivity contribution < 1.29 is 134 Å². The highest BCUT2D eigenvalue weighted by Crippen LogP contribution is 2.57. The molecule has 0 saturated heterocycles. The van der Waals surface area contributed by atoms with Gasteiger partial charge in [-0.2, -0.15) is 15.4 Å². The Bertz CT molecular complexity index is 8080. The topological polar surface area (TPSA) is 463 Å². The van der Waals surface area contributed by atoms with Gasteiger partial charge in [0.05, 0.1) is 104 Å². The summed E-state index contributed by atoms with van der Waals surface area (Å²) in [6.45, 7) is 0.534. The molecular formula is C113H92Cl2FN7O27. The number of H-pyrrole nitrogens is 1. The fourth-order valence-electron chi connectivity index (χ4n) is 21.4. The van der Waals surface area contributed by atoms with Crippen LogP contribution in [0.5, 0.6) is 51.7 Å². The monoisotopic (exact) mass is 2070 g/mol. The van der Waals surface area contributed by atoms with Gasteiger partial charge in [-0.15, -0.1) is 0 Å². The number of nitrogens with zero attached hydrogens (tertiary/aromatic N) is 6. The first kappa shape index (κ1) is 99.0. The number of phenols is 2. The lowest BCUT2D eigenvalue weighted by Gasteiger charge is -2.26. The molecule has 0 saturated carbocycles. The number of benzene rings is 10. The second-order valence-corrected chi connectivity index (χ2v) is 37.3. The van der Waals surface area contributed by atoms with Crippen molar-refractivity contribution in [3.8, 4) is 96.8 Å². The second-order valence-electron chi connectivity index (χ2n) is 36.4. The number of carbonyl (C=O) groups is 5. The molecule has 5 aliphatic carbocycles. The second kappa shape index (κ2) is 41.4. The number of cyclic esters (lactones) is 5. The molecule has 5 atom stereocenters. The van der Waals surface area contributed by atoms with Gasteiger partial charge >= 0.3 is 29.8 Å². The molecule has 25 rings (SSSR count). The maximum Gasteiger partial charge on any atom is 0.335 e. The van der Waals surface area contributed by atoms with E-state index in [1.807, 2.05) is 115 Å². The van der Waals surface area contributed by atoms with Crippen molar-refractivity contribution in [1.29, 1.82) is 0 Å². The molecule has 5 aromatic heterocycles. The minimum Gasteiger partial charge on any atom is -0.504 e. The van der Waals surface area contributed by atoms with Gasteiger partial charge < -0.3 is 106 Å². The summed E-state index contributed by atoms with van der Waals surface area (Å²) in [5.41, 5.74) is 25.2. The van der Waals surface area contributed by atoms with Crippen LogP contribution < -0.4 is 33.2 Å². The third-order valence-corrected chi connectivity index (χ3v) is 28.8. The van der Waals surface area contributed by atoms with Crippen LogP contribution in [0.3, 0.4) is 0 Å². The average Bonchev–Trinajstić information content (AvgIpc) is 1.71. The van der Waals surface area contributed by atoms with Crippen LogP contribution in [0.1, 0.15) is 136 Å². The molecule has 10 heterocycles. The van der Waals surface area contributed by atoms with Crippen LogP contribution in [-0.4, -0.2) is 179 Å². The van der Waals surface area contributed by atoms with E-state index >= 15 is 0 Å². The van der Waals surface area contributed by atoms with E-state index in [1.165, 1.54) is 55.8 Å². The quantitative estimate of drug-likeness (QED) is 0.0275. The van der Waals surface area contributed by atoms with Crippen molar-refractivity contribution in [3.63, 3.8) is 0 Å². The van der Waals surface area contributed by atoms with Crippen LogP contribution in [-0.2, 0) is 106 Å². The molecule has 10 aromatic carbocycles. The maximum atomic E-state index is 14.9. The first-order chi connectivity index (χ1) is 73.0. The van der Waals surface area contributed by atoms with Gasteiger partial charge in [-0.25, -0.2) is 28.4 Å². The SMILES string of the molecule is COc1cc(C2C3=C(COC3=O)Cc3onc(-c4ccc(CO)cc4)c32)cc(CO)c1OC.COc1cc(C2C3=C(COC3=O)Cc3onc(-c4ccc(Cl)cc4)c32)cc(CO)c1OC.COc1ccc(C2C3=C(COC3=O)Cc3ccc4n[nH]nc4c32)c(F)c1.COc1ccc(C2C3=C(COC3=O)Cc3onc(-c4ccc(CO)cc4)c32)cc1O.COc1ccc(C2C3=C(COC3=O)Cc3onc(-c4ccc(Cl)cc4)c32)cc1O. The Kier molecular flexibility index (Phi) is 27.3. The van der Waals surface area contributed by atoms with E-state index in [4.69, 9.17) is 98.1 Å². The van der Waals surface area contributed by atoms with Crippen LogP contribution in [0.15, 0.2) is 262 Å². The predicted octanol–water partition coefficient (Wildman–Crippen LogP) is 16.9. The summed E-state index contributed by atoms with van der Waals surface area (Å²) >= 11 is 12.1. The third-order valence-electron chi connectivity index (χ3n) is 28.3. The first-order valence-electron chi connectivity index (χ1n) is 47.4. The molecule has 15 aromatic rings. The number of methoxy groups -OCH3 is 7. The van der Waals surface area contributed by atoms with Crippen LogP contribution in [0.2, 0.25) is 10.0 Å². The van der Waals surface area contributed by atoms with E-state index in [2.05, 4.69) is 36.0 Å². The number of rotatable bonds is 20. The number of aromatic nitrogens is 7. The molecule has 34 nitrogen and oxygen atoms in total. The summed E-state index contributed by atoms with van der Waals surface area (Å²) in [7, 11) is 10.5. The highest BCUT2D eigenvalue weighted by molar-refractivity contribution is 6.31. The van der Waals surface area contributed by atoms with Gasteiger partial charge in [-0.3, -0.25) is 0 Å². The molecule has 5 unspecified atom stereocenters. The number of ether oxygens (including phenoxy) is 12. The number of nitrogens with one attached hydrogen (secondary N) is 1. The maximum absolute atomic E-state index is 14.9. The van der Waals surface area contributed by atoms with E-state index in [0.29, 0.717) is 184 Å². The number of phenolic OH excluding ortho intramolecular Hbond substituents is 2. The summed E-state index contributed by atoms with van der Waals surface area (Å²) < 4.78 is 102. The van der Waals surface area contributed by atoms with Gasteiger partial charge in [0.1, 0.15) is 101 Å². The van der Waals surface area contributed by atoms with Crippen molar-refractivity contribution in [1.82, 2.24) is 36.0 Å². The summed E-state index contributed by atoms with van der Waals surface area (Å²) in [4.78, 5) is 63.3. The van der Waals surface area contributed by atoms with E-state index in [1.54, 1.807) is 66.7 Å². The molecule has 7 N–H and O–H groups in total. The first-order valence-corrected chi connectivity index (χ1v) is 48.2. The highest BCUT2D eigenvalue weighted by atomic mass is 35.5. The fraction of sp³-hybridized carbons (Fsp3) is 0.230. The predicted molar refractivity (Wildman–Crippen MR) is 534 cm³/mol. The zero-order chi connectivity index (χ0) is 104. The lowest BCUT2D eigenvalue weighted by atomic mass is 9.74. The van der Waals surface area contributed by atoms with Gasteiger partial charge in [0.2, 0.25) is 0 Å². The number of hydrogen-bond donors (Lipinski definition) is 7. The number of aliphatic hydroxyl groups is 4. The molecular weight excluding hydrogens is 1980 g/mol. The number of hydrogen-bond acceptors (Lipinski definition) is 33. The van der Waals surface area contributed by atoms with E-state index < -0.39 is 41.4 Å². The van der Waals surface area contributed by atoms with Crippen molar-refractivity contribution in [2.45, 2.75) is 88.1 Å². The van der Waals surface area contributed by atoms with Crippen LogP contribution in [0.25, 0.3) is 56.1 Å². The van der Waals surface area contributed by atoms with Gasteiger partial charge in [-0.05, 0) is 164 Å². The molecule has 0 fully saturated rings.